The molecule has 174 valence electrons. The average molecular weight is 534 g/mol. The van der Waals surface area contributed by atoms with Gasteiger partial charge in [-0.2, -0.15) is 18.4 Å². The summed E-state index contributed by atoms with van der Waals surface area (Å²) in [5.41, 5.74) is 0.587. The van der Waals surface area contributed by atoms with Gasteiger partial charge in [-0.15, -0.1) is 12.6 Å². The van der Waals surface area contributed by atoms with Crippen LogP contribution in [0.5, 0.6) is 0 Å². The number of carbonyl (C=O) groups excluding carboxylic acids is 1. The van der Waals surface area contributed by atoms with Crippen LogP contribution in [0.15, 0.2) is 82.4 Å². The number of ketones is 1. The Bertz CT molecular complexity index is 1410. The molecule has 0 bridgehead atoms. The van der Waals surface area contributed by atoms with Crippen molar-refractivity contribution in [3.63, 3.8) is 0 Å². The number of nitrogens with zero attached hydrogens (tertiary/aromatic N) is 3. The highest BCUT2D eigenvalue weighted by molar-refractivity contribution is 7.90. The van der Waals surface area contributed by atoms with Gasteiger partial charge in [0.25, 0.3) is 0 Å². The number of carbonyl (C=O) groups is 1. The monoisotopic (exact) mass is 533 g/mol. The summed E-state index contributed by atoms with van der Waals surface area (Å²) in [6, 6.07) is 15.3. The maximum absolute atomic E-state index is 13.3. The summed E-state index contributed by atoms with van der Waals surface area (Å²) in [7, 11) is -0.566. The molecule has 2 aromatic carbocycles. The Hall–Kier alpha value is -3.03. The number of sulfonamides is 1. The number of benzene rings is 2. The minimum Gasteiger partial charge on any atom is -0.377 e. The third kappa shape index (κ3) is 5.72. The molecule has 0 atom stereocenters. The highest BCUT2D eigenvalue weighted by atomic mass is 35.5. The zero-order valence-electron chi connectivity index (χ0n) is 18.0. The minimum absolute atomic E-state index is 0.106. The van der Waals surface area contributed by atoms with Crippen molar-refractivity contribution >= 4 is 63.1 Å². The Balaban J connectivity index is 2.19. The summed E-state index contributed by atoms with van der Waals surface area (Å²) >= 11 is 16.0. The number of anilines is 1. The van der Waals surface area contributed by atoms with Gasteiger partial charge in [0.15, 0.2) is 5.57 Å². The zero-order valence-corrected chi connectivity index (χ0v) is 21.3. The van der Waals surface area contributed by atoms with Crippen LogP contribution in [0.2, 0.25) is 10.0 Å². The van der Waals surface area contributed by atoms with Gasteiger partial charge in [0.2, 0.25) is 5.78 Å². The molecular weight excluding hydrogens is 515 g/mol. The third-order valence-electron chi connectivity index (χ3n) is 4.71. The number of hydrogen-bond acceptors (Lipinski definition) is 6. The molecule has 0 saturated heterocycles. The van der Waals surface area contributed by atoms with Crippen LogP contribution in [-0.4, -0.2) is 28.3 Å². The first-order valence-electron chi connectivity index (χ1n) is 9.68. The van der Waals surface area contributed by atoms with Gasteiger partial charge < -0.3 is 4.90 Å². The van der Waals surface area contributed by atoms with Gasteiger partial charge in [-0.25, -0.2) is 4.57 Å². The Labute approximate surface area is 213 Å². The fraction of sp³-hybridized carbons (Fsp3) is 0.0870. The number of aromatic nitrogens is 1. The van der Waals surface area contributed by atoms with Crippen LogP contribution in [0, 0.1) is 11.3 Å². The van der Waals surface area contributed by atoms with Crippen LogP contribution >= 0.6 is 35.8 Å². The maximum atomic E-state index is 13.3. The van der Waals surface area contributed by atoms with Crippen LogP contribution in [0.3, 0.4) is 0 Å². The molecule has 0 radical (unpaired) electrons. The predicted molar refractivity (Wildman–Crippen MR) is 135 cm³/mol. The molecule has 3 rings (SSSR count). The van der Waals surface area contributed by atoms with Crippen LogP contribution < -0.4 is 14.2 Å². The molecular formula is C23H19Cl2N4O3S2+. The summed E-state index contributed by atoms with van der Waals surface area (Å²) in [5, 5.41) is 10.6. The SMILES string of the molecule is CN(C)c1cc[n+](/C(NS(=O)(=O)c2ccc(Cl)cc2S)=C(\C#N)C(=O)c2ccc(Cl)cc2)cc1. The maximum Gasteiger partial charge on any atom is 0.330 e. The number of rotatable bonds is 7. The summed E-state index contributed by atoms with van der Waals surface area (Å²) in [5.74, 6) is -0.918. The van der Waals surface area contributed by atoms with E-state index in [1.807, 2.05) is 25.1 Å². The highest BCUT2D eigenvalue weighted by Crippen LogP contribution is 2.25. The van der Waals surface area contributed by atoms with Crippen molar-refractivity contribution in [2.45, 2.75) is 9.79 Å². The molecule has 0 aliphatic heterocycles. The van der Waals surface area contributed by atoms with Gasteiger partial charge in [0.05, 0.1) is 12.4 Å². The van der Waals surface area contributed by atoms with Gasteiger partial charge in [0.1, 0.15) is 11.0 Å². The van der Waals surface area contributed by atoms with E-state index in [1.54, 1.807) is 24.5 Å². The van der Waals surface area contributed by atoms with Crippen LogP contribution in [0.4, 0.5) is 5.69 Å². The summed E-state index contributed by atoms with van der Waals surface area (Å²) < 4.78 is 30.2. The van der Waals surface area contributed by atoms with Gasteiger partial charge in [0, 0.05) is 52.4 Å². The molecule has 0 spiro atoms. The quantitative estimate of drug-likeness (QED) is 0.156. The van der Waals surface area contributed by atoms with Gasteiger partial charge in [-0.1, -0.05) is 23.2 Å². The molecule has 7 nitrogen and oxygen atoms in total. The minimum atomic E-state index is -4.26. The van der Waals surface area contributed by atoms with Crippen LogP contribution in [0.1, 0.15) is 10.4 Å². The molecule has 1 N–H and O–H groups in total. The van der Waals surface area contributed by atoms with Crippen molar-refractivity contribution in [2.75, 3.05) is 19.0 Å². The van der Waals surface area contributed by atoms with E-state index in [4.69, 9.17) is 23.2 Å². The first kappa shape index (κ1) is 25.6. The largest absolute Gasteiger partial charge is 0.377 e. The lowest BCUT2D eigenvalue weighted by atomic mass is 10.0. The van der Waals surface area contributed by atoms with Gasteiger partial charge in [-0.3, -0.25) is 4.79 Å². The average Bonchev–Trinajstić information content (AvgIpc) is 2.79. The first-order valence-corrected chi connectivity index (χ1v) is 12.4. The van der Waals surface area contributed by atoms with Gasteiger partial charge >= 0.3 is 15.8 Å². The molecule has 1 heterocycles. The standard InChI is InChI=1S/C23H18Cl2N4O3S2/c1-28(2)18-9-11-29(12-10-18)23(19(14-26)22(30)15-3-5-16(24)6-4-15)27-34(31,32)21-8-7-17(25)13-20(21)33/h3-13H,1-2H3,(H-,27,30,33)/p+1. The second-order valence-corrected chi connectivity index (χ2v) is 10.3. The van der Waals surface area contributed by atoms with Crippen molar-refractivity contribution in [1.82, 2.24) is 4.72 Å². The van der Waals surface area contributed by atoms with Crippen molar-refractivity contribution in [1.29, 1.82) is 5.26 Å². The molecule has 0 saturated carbocycles. The Kier molecular flexibility index (Phi) is 7.89. The smallest absolute Gasteiger partial charge is 0.330 e. The number of nitrogens with one attached hydrogen (secondary N) is 1. The molecule has 0 unspecified atom stereocenters. The van der Waals surface area contributed by atoms with E-state index in [0.29, 0.717) is 10.0 Å². The van der Waals surface area contributed by atoms with E-state index < -0.39 is 21.4 Å². The van der Waals surface area contributed by atoms with Crippen molar-refractivity contribution < 1.29 is 17.8 Å². The second-order valence-electron chi connectivity index (χ2n) is 7.25. The number of allylic oxidation sites excluding steroid dienone is 1. The Morgan fingerprint density at radius 2 is 1.62 bits per heavy atom. The summed E-state index contributed by atoms with van der Waals surface area (Å²) in [6.45, 7) is 0. The molecule has 0 aliphatic rings. The molecule has 0 amide bonds. The lowest BCUT2D eigenvalue weighted by Crippen LogP contribution is -2.43. The van der Waals surface area contributed by atoms with E-state index >= 15 is 0 Å². The summed E-state index contributed by atoms with van der Waals surface area (Å²) in [6.07, 6.45) is 3.09. The lowest BCUT2D eigenvalue weighted by molar-refractivity contribution is -0.584. The molecule has 11 heteroatoms. The third-order valence-corrected chi connectivity index (χ3v) is 7.12. The van der Waals surface area contributed by atoms with E-state index in [9.17, 15) is 18.5 Å². The number of pyridine rings is 1. The van der Waals surface area contributed by atoms with Crippen LogP contribution in [-0.2, 0) is 10.0 Å². The molecule has 0 fully saturated rings. The fourth-order valence-corrected chi connectivity index (χ4v) is 5.06. The van der Waals surface area contributed by atoms with E-state index in [-0.39, 0.29) is 21.2 Å². The molecule has 0 aliphatic carbocycles. The lowest BCUT2D eigenvalue weighted by Gasteiger charge is -2.13. The fourth-order valence-electron chi connectivity index (χ4n) is 2.96. The Morgan fingerprint density at radius 3 is 2.15 bits per heavy atom. The second kappa shape index (κ2) is 10.5. The number of thiol groups is 1. The molecule has 3 aromatic rings. The Morgan fingerprint density at radius 1 is 1.03 bits per heavy atom. The van der Waals surface area contributed by atoms with E-state index in [1.165, 1.54) is 47.0 Å². The van der Waals surface area contributed by atoms with E-state index in [2.05, 4.69) is 17.4 Å². The number of halogens is 2. The highest BCUT2D eigenvalue weighted by Gasteiger charge is 2.31. The predicted octanol–water partition coefficient (Wildman–Crippen LogP) is 4.19. The number of hydrogen-bond donors (Lipinski definition) is 2. The number of nitriles is 1. The molecule has 1 aromatic heterocycles. The normalized spacial score (nSPS) is 11.9. The topological polar surface area (TPSA) is 94.2 Å². The van der Waals surface area contributed by atoms with Crippen molar-refractivity contribution in [3.05, 3.63) is 88.2 Å². The number of Topliss-reactive ketones (excluding diaryl/α,β-unsaturated/α-hetero) is 1. The first-order chi connectivity index (χ1) is 16.0. The molecule has 34 heavy (non-hydrogen) atoms. The van der Waals surface area contributed by atoms with Crippen molar-refractivity contribution in [3.8, 4) is 6.07 Å². The van der Waals surface area contributed by atoms with Crippen LogP contribution in [0.25, 0.3) is 5.82 Å². The van der Waals surface area contributed by atoms with E-state index in [0.717, 1.165) is 5.69 Å². The van der Waals surface area contributed by atoms with Gasteiger partial charge in [-0.05, 0) is 42.5 Å². The van der Waals surface area contributed by atoms with Crippen molar-refractivity contribution in [2.24, 2.45) is 0 Å². The summed E-state index contributed by atoms with van der Waals surface area (Å²) in [4.78, 5) is 15.0. The zero-order chi connectivity index (χ0) is 25.0.